The molecule has 2 aromatic carbocycles. The van der Waals surface area contributed by atoms with Crippen LogP contribution in [0.3, 0.4) is 0 Å². The van der Waals surface area contributed by atoms with E-state index in [2.05, 4.69) is 47.2 Å². The maximum atomic E-state index is 8.89. The lowest BCUT2D eigenvalue weighted by atomic mass is 10.1. The van der Waals surface area contributed by atoms with Gasteiger partial charge < -0.3 is 4.98 Å². The fraction of sp³-hybridized carbons (Fsp3) is 0.125. The minimum absolute atomic E-state index is 0.651. The van der Waals surface area contributed by atoms with Gasteiger partial charge in [0, 0.05) is 6.42 Å². The van der Waals surface area contributed by atoms with Crippen molar-refractivity contribution in [2.24, 2.45) is 0 Å². The zero-order chi connectivity index (χ0) is 13.2. The van der Waals surface area contributed by atoms with E-state index in [-0.39, 0.29) is 0 Å². The summed E-state index contributed by atoms with van der Waals surface area (Å²) in [6, 6.07) is 16.0. The summed E-state index contributed by atoms with van der Waals surface area (Å²) in [6.07, 6.45) is 0.776. The van der Waals surface area contributed by atoms with Crippen molar-refractivity contribution in [2.75, 3.05) is 0 Å². The molecule has 0 spiro atoms. The van der Waals surface area contributed by atoms with Gasteiger partial charge in [-0.25, -0.2) is 4.98 Å². The van der Waals surface area contributed by atoms with Crippen molar-refractivity contribution in [1.29, 1.82) is 5.26 Å². The number of hydrogen-bond acceptors (Lipinski definition) is 2. The zero-order valence-corrected chi connectivity index (χ0v) is 10.6. The molecular weight excluding hydrogens is 234 g/mol. The number of nitrogens with zero attached hydrogens (tertiary/aromatic N) is 2. The van der Waals surface area contributed by atoms with E-state index >= 15 is 0 Å². The Morgan fingerprint density at radius 1 is 1.21 bits per heavy atom. The van der Waals surface area contributed by atoms with Gasteiger partial charge in [-0.1, -0.05) is 29.8 Å². The van der Waals surface area contributed by atoms with E-state index in [0.29, 0.717) is 5.56 Å². The number of aryl methyl sites for hydroxylation is 1. The van der Waals surface area contributed by atoms with Crippen molar-refractivity contribution < 1.29 is 0 Å². The van der Waals surface area contributed by atoms with E-state index in [1.165, 1.54) is 11.1 Å². The Morgan fingerprint density at radius 2 is 2.11 bits per heavy atom. The molecule has 1 heterocycles. The van der Waals surface area contributed by atoms with Crippen LogP contribution in [-0.4, -0.2) is 9.97 Å². The molecule has 0 saturated heterocycles. The smallest absolute Gasteiger partial charge is 0.111 e. The molecule has 3 aromatic rings. The zero-order valence-electron chi connectivity index (χ0n) is 10.6. The monoisotopic (exact) mass is 247 g/mol. The third-order valence-corrected chi connectivity index (χ3v) is 3.11. The number of hydrogen-bond donors (Lipinski definition) is 1. The van der Waals surface area contributed by atoms with E-state index in [0.717, 1.165) is 23.3 Å². The van der Waals surface area contributed by atoms with Gasteiger partial charge in [0.1, 0.15) is 5.82 Å². The lowest BCUT2D eigenvalue weighted by Crippen LogP contribution is -1.90. The second-order valence-corrected chi connectivity index (χ2v) is 4.69. The molecule has 0 atom stereocenters. The first kappa shape index (κ1) is 11.5. The fourth-order valence-corrected chi connectivity index (χ4v) is 2.23. The molecule has 0 radical (unpaired) electrons. The van der Waals surface area contributed by atoms with Crippen LogP contribution in [0.1, 0.15) is 22.5 Å². The summed E-state index contributed by atoms with van der Waals surface area (Å²) in [5.41, 5.74) is 4.96. The Bertz CT molecular complexity index is 778. The van der Waals surface area contributed by atoms with Gasteiger partial charge in [-0.2, -0.15) is 5.26 Å². The normalized spacial score (nSPS) is 10.5. The van der Waals surface area contributed by atoms with Crippen LogP contribution in [0, 0.1) is 18.3 Å². The summed E-state index contributed by atoms with van der Waals surface area (Å²) in [6.45, 7) is 2.08. The van der Waals surface area contributed by atoms with Crippen LogP contribution in [0.25, 0.3) is 11.0 Å². The molecule has 3 heteroatoms. The molecule has 0 fully saturated rings. The largest absolute Gasteiger partial charge is 0.342 e. The number of benzene rings is 2. The van der Waals surface area contributed by atoms with Crippen LogP contribution in [-0.2, 0) is 6.42 Å². The average molecular weight is 247 g/mol. The highest BCUT2D eigenvalue weighted by Crippen LogP contribution is 2.16. The molecule has 92 valence electrons. The number of aromatic amines is 1. The van der Waals surface area contributed by atoms with E-state index in [9.17, 15) is 0 Å². The van der Waals surface area contributed by atoms with Gasteiger partial charge in [0.25, 0.3) is 0 Å². The van der Waals surface area contributed by atoms with Crippen molar-refractivity contribution in [2.45, 2.75) is 13.3 Å². The summed E-state index contributed by atoms with van der Waals surface area (Å²) in [5.74, 6) is 0.927. The van der Waals surface area contributed by atoms with E-state index < -0.39 is 0 Å². The molecule has 1 N–H and O–H groups in total. The first-order valence-corrected chi connectivity index (χ1v) is 6.19. The Labute approximate surface area is 111 Å². The van der Waals surface area contributed by atoms with Gasteiger partial charge in [0.05, 0.1) is 22.7 Å². The minimum Gasteiger partial charge on any atom is -0.342 e. The number of nitrogens with one attached hydrogen (secondary N) is 1. The topological polar surface area (TPSA) is 52.5 Å². The summed E-state index contributed by atoms with van der Waals surface area (Å²) < 4.78 is 0. The quantitative estimate of drug-likeness (QED) is 0.755. The van der Waals surface area contributed by atoms with E-state index in [1.807, 2.05) is 12.1 Å². The van der Waals surface area contributed by atoms with E-state index in [1.54, 1.807) is 6.07 Å². The molecular formula is C16H13N3. The molecule has 3 nitrogen and oxygen atoms in total. The van der Waals surface area contributed by atoms with Gasteiger partial charge >= 0.3 is 0 Å². The third kappa shape index (κ3) is 2.34. The summed E-state index contributed by atoms with van der Waals surface area (Å²) in [7, 11) is 0. The van der Waals surface area contributed by atoms with Crippen LogP contribution in [0.15, 0.2) is 42.5 Å². The molecule has 1 aromatic heterocycles. The summed E-state index contributed by atoms with van der Waals surface area (Å²) in [4.78, 5) is 7.82. The van der Waals surface area contributed by atoms with Gasteiger partial charge in [-0.05, 0) is 30.7 Å². The van der Waals surface area contributed by atoms with Crippen molar-refractivity contribution >= 4 is 11.0 Å². The SMILES string of the molecule is Cc1cccc(Cc2nc3ccc(C#N)cc3[nH]2)c1. The molecule has 0 saturated carbocycles. The Balaban J connectivity index is 1.96. The number of rotatable bonds is 2. The first-order valence-electron chi connectivity index (χ1n) is 6.19. The second kappa shape index (κ2) is 4.58. The second-order valence-electron chi connectivity index (χ2n) is 4.69. The molecule has 0 unspecified atom stereocenters. The lowest BCUT2D eigenvalue weighted by molar-refractivity contribution is 1.04. The van der Waals surface area contributed by atoms with Crippen molar-refractivity contribution in [3.63, 3.8) is 0 Å². The lowest BCUT2D eigenvalue weighted by Gasteiger charge is -1.99. The third-order valence-electron chi connectivity index (χ3n) is 3.11. The maximum absolute atomic E-state index is 8.89. The highest BCUT2D eigenvalue weighted by molar-refractivity contribution is 5.76. The van der Waals surface area contributed by atoms with Gasteiger partial charge in [0.2, 0.25) is 0 Å². The van der Waals surface area contributed by atoms with Crippen molar-refractivity contribution in [3.05, 3.63) is 65.0 Å². The number of aromatic nitrogens is 2. The number of H-pyrrole nitrogens is 1. The highest BCUT2D eigenvalue weighted by Gasteiger charge is 2.04. The van der Waals surface area contributed by atoms with Gasteiger partial charge in [-0.3, -0.25) is 0 Å². The highest BCUT2D eigenvalue weighted by atomic mass is 14.9. The number of imidazole rings is 1. The molecule has 0 aliphatic heterocycles. The van der Waals surface area contributed by atoms with Crippen LogP contribution < -0.4 is 0 Å². The first-order chi connectivity index (χ1) is 9.24. The number of nitriles is 1. The van der Waals surface area contributed by atoms with Crippen LogP contribution in [0.2, 0.25) is 0 Å². The molecule has 19 heavy (non-hydrogen) atoms. The van der Waals surface area contributed by atoms with Crippen LogP contribution in [0.5, 0.6) is 0 Å². The fourth-order valence-electron chi connectivity index (χ4n) is 2.23. The standard InChI is InChI=1S/C16H13N3/c1-11-3-2-4-12(7-11)9-16-18-14-6-5-13(10-17)8-15(14)19-16/h2-8H,9H2,1H3,(H,18,19). The van der Waals surface area contributed by atoms with Crippen LogP contribution in [0.4, 0.5) is 0 Å². The Morgan fingerprint density at radius 3 is 2.89 bits per heavy atom. The van der Waals surface area contributed by atoms with Gasteiger partial charge in [0.15, 0.2) is 0 Å². The average Bonchev–Trinajstić information content (AvgIpc) is 2.79. The maximum Gasteiger partial charge on any atom is 0.111 e. The predicted octanol–water partition coefficient (Wildman–Crippen LogP) is 3.33. The van der Waals surface area contributed by atoms with Crippen LogP contribution >= 0.6 is 0 Å². The van der Waals surface area contributed by atoms with Crippen molar-refractivity contribution in [3.8, 4) is 6.07 Å². The minimum atomic E-state index is 0.651. The Kier molecular flexibility index (Phi) is 2.77. The molecule has 0 aliphatic carbocycles. The molecule has 0 bridgehead atoms. The van der Waals surface area contributed by atoms with Crippen molar-refractivity contribution in [1.82, 2.24) is 9.97 Å². The molecule has 0 amide bonds. The van der Waals surface area contributed by atoms with E-state index in [4.69, 9.17) is 5.26 Å². The summed E-state index contributed by atoms with van der Waals surface area (Å²) >= 11 is 0. The number of fused-ring (bicyclic) bond motifs is 1. The predicted molar refractivity (Wildman–Crippen MR) is 74.8 cm³/mol. The molecule has 0 aliphatic rings. The summed E-state index contributed by atoms with van der Waals surface area (Å²) in [5, 5.41) is 8.89. The van der Waals surface area contributed by atoms with Gasteiger partial charge in [-0.15, -0.1) is 0 Å². The Hall–Kier alpha value is -2.60. The molecule has 3 rings (SSSR count).